The van der Waals surface area contributed by atoms with E-state index in [0.717, 1.165) is 30.4 Å². The van der Waals surface area contributed by atoms with Gasteiger partial charge in [-0.25, -0.2) is 0 Å². The number of aromatic nitrogens is 1. The predicted molar refractivity (Wildman–Crippen MR) is 72.7 cm³/mol. The SMILES string of the molecule is CCn1cc(CCCN)c2cc(Br)ccc21. The lowest BCUT2D eigenvalue weighted by atomic mass is 10.1. The Morgan fingerprint density at radius 3 is 2.88 bits per heavy atom. The number of fused-ring (bicyclic) bond motifs is 1. The van der Waals surface area contributed by atoms with Gasteiger partial charge >= 0.3 is 0 Å². The molecule has 1 aromatic heterocycles. The van der Waals surface area contributed by atoms with Crippen LogP contribution in [0.5, 0.6) is 0 Å². The molecular formula is C13H17BrN2. The Kier molecular flexibility index (Phi) is 3.66. The van der Waals surface area contributed by atoms with Crippen LogP contribution >= 0.6 is 15.9 Å². The molecule has 0 saturated carbocycles. The second kappa shape index (κ2) is 5.02. The third-order valence-corrected chi connectivity index (χ3v) is 3.41. The van der Waals surface area contributed by atoms with Crippen molar-refractivity contribution in [3.05, 3.63) is 34.4 Å². The zero-order valence-corrected chi connectivity index (χ0v) is 11.1. The van der Waals surface area contributed by atoms with Crippen molar-refractivity contribution in [3.63, 3.8) is 0 Å². The molecule has 0 spiro atoms. The van der Waals surface area contributed by atoms with Gasteiger partial charge in [0, 0.05) is 28.1 Å². The Morgan fingerprint density at radius 2 is 2.19 bits per heavy atom. The van der Waals surface area contributed by atoms with Gasteiger partial charge < -0.3 is 10.3 Å². The highest BCUT2D eigenvalue weighted by molar-refractivity contribution is 9.10. The molecule has 2 aromatic rings. The monoisotopic (exact) mass is 280 g/mol. The molecule has 0 unspecified atom stereocenters. The molecule has 2 N–H and O–H groups in total. The minimum atomic E-state index is 0.757. The summed E-state index contributed by atoms with van der Waals surface area (Å²) in [7, 11) is 0. The molecule has 1 aromatic carbocycles. The highest BCUT2D eigenvalue weighted by Crippen LogP contribution is 2.26. The summed E-state index contributed by atoms with van der Waals surface area (Å²) in [6.07, 6.45) is 4.37. The lowest BCUT2D eigenvalue weighted by Crippen LogP contribution is -1.99. The predicted octanol–water partition coefficient (Wildman–Crippen LogP) is 3.32. The highest BCUT2D eigenvalue weighted by Gasteiger charge is 2.07. The molecule has 0 aliphatic rings. The fourth-order valence-electron chi connectivity index (χ4n) is 2.10. The lowest BCUT2D eigenvalue weighted by molar-refractivity contribution is 0.781. The number of hydrogen-bond acceptors (Lipinski definition) is 1. The minimum Gasteiger partial charge on any atom is -0.347 e. The van der Waals surface area contributed by atoms with Crippen LogP contribution in [0, 0.1) is 0 Å². The van der Waals surface area contributed by atoms with Crippen LogP contribution in [0.1, 0.15) is 18.9 Å². The van der Waals surface area contributed by atoms with Gasteiger partial charge in [0.15, 0.2) is 0 Å². The molecule has 2 nitrogen and oxygen atoms in total. The molecule has 0 fully saturated rings. The lowest BCUT2D eigenvalue weighted by Gasteiger charge is -1.99. The maximum Gasteiger partial charge on any atom is 0.0483 e. The summed E-state index contributed by atoms with van der Waals surface area (Å²) in [4.78, 5) is 0. The van der Waals surface area contributed by atoms with E-state index in [1.807, 2.05) is 0 Å². The van der Waals surface area contributed by atoms with Gasteiger partial charge in [0.1, 0.15) is 0 Å². The van der Waals surface area contributed by atoms with Crippen LogP contribution in [0.3, 0.4) is 0 Å². The number of aryl methyl sites for hydroxylation is 2. The number of benzene rings is 1. The molecule has 0 radical (unpaired) electrons. The van der Waals surface area contributed by atoms with Crippen molar-refractivity contribution in [2.24, 2.45) is 5.73 Å². The molecular weight excluding hydrogens is 264 g/mol. The largest absolute Gasteiger partial charge is 0.347 e. The fourth-order valence-corrected chi connectivity index (χ4v) is 2.46. The van der Waals surface area contributed by atoms with Crippen LogP contribution < -0.4 is 5.73 Å². The molecule has 0 bridgehead atoms. The summed E-state index contributed by atoms with van der Waals surface area (Å²) in [6.45, 7) is 3.95. The number of nitrogens with two attached hydrogens (primary N) is 1. The zero-order valence-electron chi connectivity index (χ0n) is 9.54. The van der Waals surface area contributed by atoms with Gasteiger partial charge in [-0.1, -0.05) is 15.9 Å². The molecule has 0 aliphatic carbocycles. The number of halogens is 1. The molecule has 86 valence electrons. The number of hydrogen-bond donors (Lipinski definition) is 1. The van der Waals surface area contributed by atoms with Gasteiger partial charge in [0.05, 0.1) is 0 Å². The average molecular weight is 281 g/mol. The van der Waals surface area contributed by atoms with Gasteiger partial charge in [0.25, 0.3) is 0 Å². The first kappa shape index (κ1) is 11.7. The van der Waals surface area contributed by atoms with Crippen molar-refractivity contribution in [1.82, 2.24) is 4.57 Å². The van der Waals surface area contributed by atoms with E-state index in [1.165, 1.54) is 16.5 Å². The van der Waals surface area contributed by atoms with Crippen LogP contribution in [-0.2, 0) is 13.0 Å². The van der Waals surface area contributed by atoms with E-state index in [1.54, 1.807) is 0 Å². The smallest absolute Gasteiger partial charge is 0.0483 e. The third kappa shape index (κ3) is 2.15. The van der Waals surface area contributed by atoms with E-state index in [0.29, 0.717) is 0 Å². The molecule has 1 heterocycles. The van der Waals surface area contributed by atoms with Crippen LogP contribution in [0.4, 0.5) is 0 Å². The summed E-state index contributed by atoms with van der Waals surface area (Å²) < 4.78 is 3.44. The Balaban J connectivity index is 2.50. The third-order valence-electron chi connectivity index (χ3n) is 2.92. The first-order chi connectivity index (χ1) is 7.76. The molecule has 16 heavy (non-hydrogen) atoms. The van der Waals surface area contributed by atoms with Crippen LogP contribution in [0.25, 0.3) is 10.9 Å². The van der Waals surface area contributed by atoms with Gasteiger partial charge in [0.2, 0.25) is 0 Å². The average Bonchev–Trinajstić information content (AvgIpc) is 2.64. The molecule has 0 aliphatic heterocycles. The van der Waals surface area contributed by atoms with E-state index in [9.17, 15) is 0 Å². The van der Waals surface area contributed by atoms with Crippen molar-refractivity contribution in [2.75, 3.05) is 6.54 Å². The normalized spacial score (nSPS) is 11.2. The summed E-state index contributed by atoms with van der Waals surface area (Å²) in [5, 5.41) is 1.35. The Bertz CT molecular complexity index is 488. The minimum absolute atomic E-state index is 0.757. The Morgan fingerprint density at radius 1 is 1.38 bits per heavy atom. The van der Waals surface area contributed by atoms with E-state index in [4.69, 9.17) is 5.73 Å². The van der Waals surface area contributed by atoms with Crippen molar-refractivity contribution in [1.29, 1.82) is 0 Å². The molecule has 0 saturated heterocycles. The van der Waals surface area contributed by atoms with Crippen LogP contribution in [-0.4, -0.2) is 11.1 Å². The van der Waals surface area contributed by atoms with E-state index in [-0.39, 0.29) is 0 Å². The molecule has 0 amide bonds. The van der Waals surface area contributed by atoms with E-state index < -0.39 is 0 Å². The zero-order chi connectivity index (χ0) is 11.5. The number of rotatable bonds is 4. The van der Waals surface area contributed by atoms with E-state index in [2.05, 4.69) is 51.8 Å². The number of nitrogens with zero attached hydrogens (tertiary/aromatic N) is 1. The first-order valence-corrected chi connectivity index (χ1v) is 6.53. The fraction of sp³-hybridized carbons (Fsp3) is 0.385. The standard InChI is InChI=1S/C13H17BrN2/c1-2-16-9-10(4-3-7-15)12-8-11(14)5-6-13(12)16/h5-6,8-9H,2-4,7,15H2,1H3. The quantitative estimate of drug-likeness (QED) is 0.915. The van der Waals surface area contributed by atoms with Gasteiger partial charge in [-0.15, -0.1) is 0 Å². The second-order valence-electron chi connectivity index (χ2n) is 3.99. The second-order valence-corrected chi connectivity index (χ2v) is 4.91. The summed E-state index contributed by atoms with van der Waals surface area (Å²) in [6, 6.07) is 6.48. The van der Waals surface area contributed by atoms with Gasteiger partial charge in [-0.05, 0) is 50.1 Å². The first-order valence-electron chi connectivity index (χ1n) is 5.73. The van der Waals surface area contributed by atoms with Gasteiger partial charge in [-0.2, -0.15) is 0 Å². The maximum absolute atomic E-state index is 5.57. The molecule has 2 rings (SSSR count). The van der Waals surface area contributed by atoms with Crippen LogP contribution in [0.15, 0.2) is 28.9 Å². The van der Waals surface area contributed by atoms with Crippen LogP contribution in [0.2, 0.25) is 0 Å². The summed E-state index contributed by atoms with van der Waals surface area (Å²) in [5.74, 6) is 0. The maximum atomic E-state index is 5.57. The van der Waals surface area contributed by atoms with Crippen molar-refractivity contribution in [3.8, 4) is 0 Å². The topological polar surface area (TPSA) is 30.9 Å². The molecule has 0 atom stereocenters. The molecule has 3 heteroatoms. The Hall–Kier alpha value is -0.800. The van der Waals surface area contributed by atoms with Crippen molar-refractivity contribution < 1.29 is 0 Å². The Labute approximate surface area is 105 Å². The van der Waals surface area contributed by atoms with Gasteiger partial charge in [-0.3, -0.25) is 0 Å². The highest BCUT2D eigenvalue weighted by atomic mass is 79.9. The van der Waals surface area contributed by atoms with Crippen molar-refractivity contribution >= 4 is 26.8 Å². The summed E-state index contributed by atoms with van der Waals surface area (Å²) in [5.41, 5.74) is 8.30. The van der Waals surface area contributed by atoms with Crippen molar-refractivity contribution in [2.45, 2.75) is 26.3 Å². The summed E-state index contributed by atoms with van der Waals surface area (Å²) >= 11 is 3.53. The van der Waals surface area contributed by atoms with E-state index >= 15 is 0 Å².